The molecule has 1 saturated carbocycles. The van der Waals surface area contributed by atoms with E-state index in [-0.39, 0.29) is 23.7 Å². The normalized spacial score (nSPS) is 17.8. The van der Waals surface area contributed by atoms with Crippen LogP contribution in [0.4, 0.5) is 13.2 Å². The molecule has 45 heavy (non-hydrogen) atoms. The predicted octanol–water partition coefficient (Wildman–Crippen LogP) is 6.87. The molecule has 8 nitrogen and oxygen atoms in total. The second-order valence-corrected chi connectivity index (χ2v) is 12.2. The van der Waals surface area contributed by atoms with Gasteiger partial charge in [-0.3, -0.25) is 9.36 Å². The van der Waals surface area contributed by atoms with Crippen LogP contribution in [0.3, 0.4) is 0 Å². The van der Waals surface area contributed by atoms with Crippen molar-refractivity contribution < 1.29 is 18.0 Å². The zero-order valence-electron chi connectivity index (χ0n) is 25.9. The molecule has 0 aliphatic heterocycles. The highest BCUT2D eigenvalue weighted by atomic mass is 19.4. The third-order valence-electron chi connectivity index (χ3n) is 9.18. The first-order chi connectivity index (χ1) is 21.4. The summed E-state index contributed by atoms with van der Waals surface area (Å²) in [5, 5.41) is 13.6. The van der Waals surface area contributed by atoms with Crippen LogP contribution in [0.25, 0.3) is 22.8 Å². The number of hydrogen-bond acceptors (Lipinski definition) is 5. The van der Waals surface area contributed by atoms with E-state index in [1.807, 2.05) is 0 Å². The molecule has 1 aliphatic carbocycles. The number of carbonyl (C=O) groups excluding carboxylic acids is 1. The maximum atomic E-state index is 14.0. The molecule has 0 N–H and O–H groups in total. The van der Waals surface area contributed by atoms with Gasteiger partial charge in [-0.2, -0.15) is 23.5 Å². The monoisotopic (exact) mass is 618 g/mol. The van der Waals surface area contributed by atoms with Gasteiger partial charge >= 0.3 is 11.9 Å². The van der Waals surface area contributed by atoms with Gasteiger partial charge < -0.3 is 4.90 Å². The quantitative estimate of drug-likeness (QED) is 0.215. The average molecular weight is 619 g/mol. The maximum absolute atomic E-state index is 14.0. The summed E-state index contributed by atoms with van der Waals surface area (Å²) in [6.45, 7) is 3.76. The number of nitriles is 1. The van der Waals surface area contributed by atoms with Crippen LogP contribution < -0.4 is 5.69 Å². The summed E-state index contributed by atoms with van der Waals surface area (Å²) in [4.78, 5) is 30.3. The summed E-state index contributed by atoms with van der Waals surface area (Å²) < 4.78 is 44.7. The Balaban J connectivity index is 1.54. The van der Waals surface area contributed by atoms with Crippen LogP contribution in [0.2, 0.25) is 0 Å². The highest BCUT2D eigenvalue weighted by Crippen LogP contribution is 2.35. The molecule has 0 saturated heterocycles. The lowest BCUT2D eigenvalue weighted by molar-refractivity contribution is -0.137. The third-order valence-corrected chi connectivity index (χ3v) is 9.18. The molecule has 0 bridgehead atoms. The lowest BCUT2D eigenvalue weighted by Gasteiger charge is -2.35. The number of imidazole rings is 1. The van der Waals surface area contributed by atoms with Crippen LogP contribution in [0, 0.1) is 30.1 Å². The highest BCUT2D eigenvalue weighted by molar-refractivity contribution is 5.84. The summed E-state index contributed by atoms with van der Waals surface area (Å²) in [5.41, 5.74) is 0.399. The molecule has 4 aromatic rings. The molecule has 0 amide bonds. The molecule has 2 aromatic carbocycles. The van der Waals surface area contributed by atoms with Crippen LogP contribution >= 0.6 is 0 Å². The molecule has 2 aromatic heterocycles. The molecule has 0 spiro atoms. The van der Waals surface area contributed by atoms with E-state index in [1.165, 1.54) is 18.3 Å². The van der Waals surface area contributed by atoms with E-state index in [0.717, 1.165) is 47.0 Å². The smallest absolute Gasteiger partial charge is 0.306 e. The lowest BCUT2D eigenvalue weighted by atomic mass is 9.77. The second-order valence-electron chi connectivity index (χ2n) is 12.2. The van der Waals surface area contributed by atoms with Crippen molar-refractivity contribution in [1.82, 2.24) is 23.8 Å². The van der Waals surface area contributed by atoms with Crippen molar-refractivity contribution in [2.75, 3.05) is 14.1 Å². The van der Waals surface area contributed by atoms with Gasteiger partial charge in [0.05, 0.1) is 51.8 Å². The summed E-state index contributed by atoms with van der Waals surface area (Å²) in [5.74, 6) is 0.330. The number of hydrogen-bond donors (Lipinski definition) is 0. The number of alkyl halides is 3. The van der Waals surface area contributed by atoms with Gasteiger partial charge in [-0.1, -0.05) is 13.0 Å². The minimum atomic E-state index is -4.61. The van der Waals surface area contributed by atoms with Crippen LogP contribution in [0.15, 0.2) is 65.6 Å². The van der Waals surface area contributed by atoms with Crippen LogP contribution in [-0.4, -0.2) is 49.9 Å². The zero-order valence-corrected chi connectivity index (χ0v) is 25.9. The Morgan fingerprint density at radius 2 is 1.76 bits per heavy atom. The van der Waals surface area contributed by atoms with E-state index in [0.29, 0.717) is 41.0 Å². The predicted molar refractivity (Wildman–Crippen MR) is 165 cm³/mol. The van der Waals surface area contributed by atoms with Gasteiger partial charge in [-0.25, -0.2) is 14.0 Å². The lowest BCUT2D eigenvalue weighted by Crippen LogP contribution is -2.34. The molecule has 1 aliphatic rings. The van der Waals surface area contributed by atoms with Gasteiger partial charge in [0.15, 0.2) is 0 Å². The molecule has 0 unspecified atom stereocenters. The largest absolute Gasteiger partial charge is 0.416 e. The number of aromatic nitrogens is 4. The standard InChI is InChI=1S/C34H37F3N6O2/c1-22(25-11-15-27(16-12-25)40(3)4)8-17-31(44)42-32(30-18-19-39-43(30)28-13-9-24(21-38)10-14-28)23(2)41(33(42)45)29-7-5-6-26(20-29)34(35,36)37/h5-7,9-10,13-14,18-20,22,25,27H,8,11-12,15-17H2,1-4H3/t22-,25?,27?/m0/s1. The Bertz CT molecular complexity index is 1770. The molecule has 236 valence electrons. The first kappa shape index (κ1) is 32.0. The molecular formula is C34H37F3N6O2. The number of rotatable bonds is 8. The molecule has 11 heteroatoms. The Morgan fingerprint density at radius 1 is 1.07 bits per heavy atom. The van der Waals surface area contributed by atoms with Crippen molar-refractivity contribution in [1.29, 1.82) is 5.26 Å². The number of carbonyl (C=O) groups is 1. The van der Waals surface area contributed by atoms with E-state index in [4.69, 9.17) is 0 Å². The number of benzene rings is 2. The van der Waals surface area contributed by atoms with Gasteiger partial charge in [0.25, 0.3) is 0 Å². The van der Waals surface area contributed by atoms with Gasteiger partial charge in [-0.05, 0) is 113 Å². The molecule has 1 fully saturated rings. The highest BCUT2D eigenvalue weighted by Gasteiger charge is 2.32. The van der Waals surface area contributed by atoms with Crippen LogP contribution in [0.5, 0.6) is 0 Å². The summed E-state index contributed by atoms with van der Waals surface area (Å²) >= 11 is 0. The summed E-state index contributed by atoms with van der Waals surface area (Å²) in [6, 6.07) is 15.5. The van der Waals surface area contributed by atoms with E-state index in [9.17, 15) is 28.0 Å². The fourth-order valence-corrected chi connectivity index (χ4v) is 6.51. The van der Waals surface area contributed by atoms with E-state index in [2.05, 4.69) is 37.1 Å². The van der Waals surface area contributed by atoms with E-state index < -0.39 is 23.3 Å². The van der Waals surface area contributed by atoms with Gasteiger partial charge in [0, 0.05) is 12.5 Å². The zero-order chi connectivity index (χ0) is 32.5. The van der Waals surface area contributed by atoms with Gasteiger partial charge in [0.2, 0.25) is 5.91 Å². The van der Waals surface area contributed by atoms with Gasteiger partial charge in [0.1, 0.15) is 0 Å². The van der Waals surface area contributed by atoms with Crippen molar-refractivity contribution in [3.63, 3.8) is 0 Å². The van der Waals surface area contributed by atoms with Crippen LogP contribution in [0.1, 0.15) is 67.1 Å². The fourth-order valence-electron chi connectivity index (χ4n) is 6.51. The molecule has 0 radical (unpaired) electrons. The molecule has 2 heterocycles. The van der Waals surface area contributed by atoms with Crippen LogP contribution in [-0.2, 0) is 6.18 Å². The van der Waals surface area contributed by atoms with E-state index in [1.54, 1.807) is 41.9 Å². The summed E-state index contributed by atoms with van der Waals surface area (Å²) in [6.07, 6.45) is 2.00. The van der Waals surface area contributed by atoms with Crippen molar-refractivity contribution in [3.05, 3.63) is 88.1 Å². The molecular weight excluding hydrogens is 581 g/mol. The first-order valence-corrected chi connectivity index (χ1v) is 15.2. The van der Waals surface area contributed by atoms with Crippen molar-refractivity contribution >= 4 is 5.91 Å². The van der Waals surface area contributed by atoms with Gasteiger partial charge in [-0.15, -0.1) is 0 Å². The minimum Gasteiger partial charge on any atom is -0.306 e. The Kier molecular flexibility index (Phi) is 9.16. The Hall–Kier alpha value is -4.43. The second kappa shape index (κ2) is 12.9. The Morgan fingerprint density at radius 3 is 2.38 bits per heavy atom. The first-order valence-electron chi connectivity index (χ1n) is 15.2. The fraction of sp³-hybridized carbons (Fsp3) is 0.412. The topological polar surface area (TPSA) is 88.8 Å². The van der Waals surface area contributed by atoms with Crippen molar-refractivity contribution in [3.8, 4) is 28.8 Å². The number of nitrogens with zero attached hydrogens (tertiary/aromatic N) is 6. The number of halogens is 3. The average Bonchev–Trinajstić information content (AvgIpc) is 3.61. The maximum Gasteiger partial charge on any atom is 0.416 e. The Labute approximate surface area is 260 Å². The van der Waals surface area contributed by atoms with Crippen molar-refractivity contribution in [2.45, 2.75) is 64.6 Å². The minimum absolute atomic E-state index is 0.00980. The third kappa shape index (κ3) is 6.52. The molecule has 5 rings (SSSR count). The van der Waals surface area contributed by atoms with E-state index >= 15 is 0 Å². The molecule has 1 atom stereocenters. The van der Waals surface area contributed by atoms with Crippen molar-refractivity contribution in [2.24, 2.45) is 11.8 Å². The SMILES string of the molecule is Cc1c(-c2ccnn2-c2ccc(C#N)cc2)n(C(=O)CC[C@H](C)C2CCC(N(C)C)CC2)c(=O)n1-c1cccc(C(F)(F)F)c1. The summed E-state index contributed by atoms with van der Waals surface area (Å²) in [7, 11) is 4.20.